The summed E-state index contributed by atoms with van der Waals surface area (Å²) in [7, 11) is 6.74. The van der Waals surface area contributed by atoms with Crippen LogP contribution >= 0.6 is 35.3 Å². The molecule has 1 unspecified atom stereocenters. The minimum atomic E-state index is -0.0365. The van der Waals surface area contributed by atoms with Crippen LogP contribution in [-0.4, -0.2) is 58.2 Å². The van der Waals surface area contributed by atoms with Crippen molar-refractivity contribution in [1.29, 1.82) is 0 Å². The predicted molar refractivity (Wildman–Crippen MR) is 138 cm³/mol. The summed E-state index contributed by atoms with van der Waals surface area (Å²) in [6.07, 6.45) is 0.877. The molecule has 1 amide bonds. The van der Waals surface area contributed by atoms with Gasteiger partial charge >= 0.3 is 0 Å². The van der Waals surface area contributed by atoms with Crippen molar-refractivity contribution < 1.29 is 14.3 Å². The SMILES string of the molecule is COc1ccc(CC(C)CNC(=NCC(=O)N(C)C)NCc2cccs2)cc1OC.I. The van der Waals surface area contributed by atoms with Gasteiger partial charge in [-0.1, -0.05) is 19.1 Å². The normalized spacial score (nSPS) is 11.8. The maximum atomic E-state index is 11.9. The standard InChI is InChI=1S/C22H32N4O3S.HI/c1-16(11-17-8-9-19(28-4)20(12-17)29-5)13-23-22(25-15-21(27)26(2)3)24-14-18-7-6-10-30-18;/h6-10,12,16H,11,13-15H2,1-5H3,(H2,23,24,25);1H. The molecule has 7 nitrogen and oxygen atoms in total. The summed E-state index contributed by atoms with van der Waals surface area (Å²) >= 11 is 1.68. The number of hydrogen-bond acceptors (Lipinski definition) is 5. The molecule has 9 heteroatoms. The zero-order valence-electron chi connectivity index (χ0n) is 18.8. The number of hydrogen-bond donors (Lipinski definition) is 2. The Morgan fingerprint density at radius 2 is 1.90 bits per heavy atom. The van der Waals surface area contributed by atoms with Gasteiger partial charge < -0.3 is 25.0 Å². The molecule has 0 saturated heterocycles. The van der Waals surface area contributed by atoms with Crippen LogP contribution in [0.2, 0.25) is 0 Å². The molecular formula is C22H33IN4O3S. The Balaban J connectivity index is 0.00000480. The van der Waals surface area contributed by atoms with Crippen molar-refractivity contribution in [2.24, 2.45) is 10.9 Å². The molecule has 0 aliphatic heterocycles. The van der Waals surface area contributed by atoms with Gasteiger partial charge in [0.05, 0.1) is 20.8 Å². The van der Waals surface area contributed by atoms with E-state index < -0.39 is 0 Å². The van der Waals surface area contributed by atoms with Gasteiger partial charge in [-0.05, 0) is 41.5 Å². The Hall–Kier alpha value is -2.01. The summed E-state index contributed by atoms with van der Waals surface area (Å²) in [4.78, 5) is 19.1. The third-order valence-corrected chi connectivity index (χ3v) is 5.41. The molecule has 172 valence electrons. The summed E-state index contributed by atoms with van der Waals surface area (Å²) in [5.74, 6) is 2.41. The van der Waals surface area contributed by atoms with E-state index in [1.54, 1.807) is 44.6 Å². The van der Waals surface area contributed by atoms with Crippen molar-refractivity contribution in [2.45, 2.75) is 19.9 Å². The van der Waals surface area contributed by atoms with Crippen LogP contribution in [0.1, 0.15) is 17.4 Å². The lowest BCUT2D eigenvalue weighted by atomic mass is 10.0. The van der Waals surface area contributed by atoms with Gasteiger partial charge in [0, 0.05) is 25.5 Å². The molecule has 2 aromatic rings. The molecule has 0 aliphatic carbocycles. The van der Waals surface area contributed by atoms with E-state index in [2.05, 4.69) is 34.7 Å². The topological polar surface area (TPSA) is 75.2 Å². The van der Waals surface area contributed by atoms with E-state index in [-0.39, 0.29) is 36.4 Å². The van der Waals surface area contributed by atoms with Crippen LogP contribution in [0.3, 0.4) is 0 Å². The van der Waals surface area contributed by atoms with E-state index in [0.29, 0.717) is 18.4 Å². The number of amides is 1. The average Bonchev–Trinajstić information content (AvgIpc) is 3.26. The smallest absolute Gasteiger partial charge is 0.243 e. The Labute approximate surface area is 206 Å². The highest BCUT2D eigenvalue weighted by molar-refractivity contribution is 14.0. The lowest BCUT2D eigenvalue weighted by Crippen LogP contribution is -2.40. The second kappa shape index (κ2) is 14.1. The molecule has 0 aliphatic rings. The van der Waals surface area contributed by atoms with Crippen molar-refractivity contribution in [2.75, 3.05) is 41.4 Å². The van der Waals surface area contributed by atoms with Gasteiger partial charge in [0.2, 0.25) is 5.91 Å². The molecule has 1 aromatic carbocycles. The molecule has 0 bridgehead atoms. The van der Waals surface area contributed by atoms with E-state index >= 15 is 0 Å². The number of ether oxygens (including phenoxy) is 2. The first kappa shape index (κ1) is 27.0. The van der Waals surface area contributed by atoms with Gasteiger partial charge in [-0.25, -0.2) is 4.99 Å². The van der Waals surface area contributed by atoms with Crippen LogP contribution in [-0.2, 0) is 17.8 Å². The van der Waals surface area contributed by atoms with Gasteiger partial charge in [-0.15, -0.1) is 35.3 Å². The average molecular weight is 561 g/mol. The second-order valence-electron chi connectivity index (χ2n) is 7.27. The third kappa shape index (κ3) is 9.34. The van der Waals surface area contributed by atoms with Crippen molar-refractivity contribution in [3.63, 3.8) is 0 Å². The molecule has 31 heavy (non-hydrogen) atoms. The molecule has 1 aromatic heterocycles. The summed E-state index contributed by atoms with van der Waals surface area (Å²) in [6.45, 7) is 3.67. The van der Waals surface area contributed by atoms with Crippen molar-refractivity contribution >= 4 is 47.2 Å². The maximum absolute atomic E-state index is 11.9. The minimum Gasteiger partial charge on any atom is -0.493 e. The Morgan fingerprint density at radius 1 is 1.16 bits per heavy atom. The molecule has 0 radical (unpaired) electrons. The predicted octanol–water partition coefficient (Wildman–Crippen LogP) is 3.39. The quantitative estimate of drug-likeness (QED) is 0.265. The molecule has 1 atom stereocenters. The number of carbonyl (C=O) groups is 1. The van der Waals surface area contributed by atoms with Crippen LogP contribution in [0.5, 0.6) is 11.5 Å². The summed E-state index contributed by atoms with van der Waals surface area (Å²) in [5.41, 5.74) is 1.18. The van der Waals surface area contributed by atoms with E-state index in [4.69, 9.17) is 9.47 Å². The lowest BCUT2D eigenvalue weighted by Gasteiger charge is -2.17. The van der Waals surface area contributed by atoms with E-state index in [1.165, 1.54) is 10.4 Å². The first-order chi connectivity index (χ1) is 14.4. The number of aliphatic imine (C=N–C) groups is 1. The van der Waals surface area contributed by atoms with Gasteiger partial charge in [-0.3, -0.25) is 4.79 Å². The van der Waals surface area contributed by atoms with Gasteiger partial charge in [0.15, 0.2) is 17.5 Å². The number of thiophene rings is 1. The van der Waals surface area contributed by atoms with E-state index in [0.717, 1.165) is 24.5 Å². The Kier molecular flexibility index (Phi) is 12.3. The zero-order valence-corrected chi connectivity index (χ0v) is 22.0. The summed E-state index contributed by atoms with van der Waals surface area (Å²) in [6, 6.07) is 10.1. The number of guanidine groups is 1. The van der Waals surface area contributed by atoms with Crippen LogP contribution in [0, 0.1) is 5.92 Å². The molecule has 0 saturated carbocycles. The molecule has 1 heterocycles. The lowest BCUT2D eigenvalue weighted by molar-refractivity contribution is -0.127. The minimum absolute atomic E-state index is 0. The van der Waals surface area contributed by atoms with Crippen molar-refractivity contribution in [1.82, 2.24) is 15.5 Å². The number of nitrogens with zero attached hydrogens (tertiary/aromatic N) is 2. The van der Waals surface area contributed by atoms with E-state index in [1.807, 2.05) is 23.6 Å². The van der Waals surface area contributed by atoms with Crippen LogP contribution in [0.15, 0.2) is 40.7 Å². The summed E-state index contributed by atoms with van der Waals surface area (Å²) < 4.78 is 10.7. The Bertz CT molecular complexity index is 828. The number of methoxy groups -OCH3 is 2. The third-order valence-electron chi connectivity index (χ3n) is 4.53. The fraction of sp³-hybridized carbons (Fsp3) is 0.455. The molecular weight excluding hydrogens is 527 g/mol. The zero-order chi connectivity index (χ0) is 21.9. The molecule has 0 fully saturated rings. The summed E-state index contributed by atoms with van der Waals surface area (Å²) in [5, 5.41) is 8.72. The number of nitrogens with one attached hydrogen (secondary N) is 2. The second-order valence-corrected chi connectivity index (χ2v) is 8.30. The highest BCUT2D eigenvalue weighted by Gasteiger charge is 2.10. The fourth-order valence-corrected chi connectivity index (χ4v) is 3.44. The number of rotatable bonds is 10. The van der Waals surface area contributed by atoms with E-state index in [9.17, 15) is 4.79 Å². The number of benzene rings is 1. The maximum Gasteiger partial charge on any atom is 0.243 e. The van der Waals surface area contributed by atoms with Gasteiger partial charge in [0.25, 0.3) is 0 Å². The van der Waals surface area contributed by atoms with Crippen LogP contribution in [0.4, 0.5) is 0 Å². The first-order valence-electron chi connectivity index (χ1n) is 9.88. The molecule has 0 spiro atoms. The van der Waals surface area contributed by atoms with Crippen molar-refractivity contribution in [3.8, 4) is 11.5 Å². The van der Waals surface area contributed by atoms with Crippen LogP contribution < -0.4 is 20.1 Å². The highest BCUT2D eigenvalue weighted by atomic mass is 127. The molecule has 2 rings (SSSR count). The number of carbonyl (C=O) groups excluding carboxylic acids is 1. The first-order valence-corrected chi connectivity index (χ1v) is 10.8. The van der Waals surface area contributed by atoms with Gasteiger partial charge in [-0.2, -0.15) is 0 Å². The highest BCUT2D eigenvalue weighted by Crippen LogP contribution is 2.28. The molecule has 2 N–H and O–H groups in total. The van der Waals surface area contributed by atoms with Crippen molar-refractivity contribution in [3.05, 3.63) is 46.2 Å². The largest absolute Gasteiger partial charge is 0.493 e. The number of likely N-dealkylation sites (N-methyl/N-ethyl adjacent to an activating group) is 1. The number of halogens is 1. The Morgan fingerprint density at radius 3 is 2.52 bits per heavy atom. The van der Waals surface area contributed by atoms with Gasteiger partial charge in [0.1, 0.15) is 6.54 Å². The fourth-order valence-electron chi connectivity index (χ4n) is 2.80. The monoisotopic (exact) mass is 560 g/mol. The van der Waals surface area contributed by atoms with Crippen LogP contribution in [0.25, 0.3) is 0 Å².